The van der Waals surface area contributed by atoms with Gasteiger partial charge in [0, 0.05) is 18.8 Å². The molecule has 0 amide bonds. The molecule has 1 N–H and O–H groups in total. The first-order chi connectivity index (χ1) is 8.74. The van der Waals surface area contributed by atoms with Crippen LogP contribution in [0.3, 0.4) is 0 Å². The number of anilines is 1. The van der Waals surface area contributed by atoms with Crippen LogP contribution >= 0.6 is 0 Å². The topological polar surface area (TPSA) is 28.4 Å². The number of rotatable bonds is 6. The molecule has 2 rings (SSSR count). The van der Waals surface area contributed by atoms with E-state index in [0.717, 1.165) is 31.1 Å². The summed E-state index contributed by atoms with van der Waals surface area (Å²) in [5.74, 6) is 0.729. The van der Waals surface area contributed by atoms with Crippen molar-refractivity contribution in [1.82, 2.24) is 4.90 Å². The summed E-state index contributed by atoms with van der Waals surface area (Å²) < 4.78 is 18.2. The van der Waals surface area contributed by atoms with E-state index in [0.29, 0.717) is 0 Å². The summed E-state index contributed by atoms with van der Waals surface area (Å²) in [6.07, 6.45) is 1.67. The van der Waals surface area contributed by atoms with Crippen LogP contribution in [0.1, 0.15) is 5.76 Å². The maximum absolute atomic E-state index is 12.9. The lowest BCUT2D eigenvalue weighted by molar-refractivity contribution is 0.305. The summed E-state index contributed by atoms with van der Waals surface area (Å²) in [5.41, 5.74) is 0.807. The van der Waals surface area contributed by atoms with Gasteiger partial charge in [-0.05, 0) is 37.4 Å². The number of nitrogens with zero attached hydrogens (tertiary/aromatic N) is 1. The van der Waals surface area contributed by atoms with Gasteiger partial charge >= 0.3 is 0 Å². The summed E-state index contributed by atoms with van der Waals surface area (Å²) in [6.45, 7) is 2.40. The van der Waals surface area contributed by atoms with Crippen LogP contribution in [0.15, 0.2) is 47.1 Å². The highest BCUT2D eigenvalue weighted by Gasteiger charge is 2.02. The number of likely N-dealkylation sites (N-methyl/N-ethyl adjacent to an activating group) is 1. The van der Waals surface area contributed by atoms with Crippen molar-refractivity contribution in [3.8, 4) is 0 Å². The van der Waals surface area contributed by atoms with Gasteiger partial charge in [-0.25, -0.2) is 4.39 Å². The Kier molecular flexibility index (Phi) is 4.36. The fraction of sp³-hybridized carbons (Fsp3) is 0.286. The van der Waals surface area contributed by atoms with E-state index in [9.17, 15) is 4.39 Å². The predicted molar refractivity (Wildman–Crippen MR) is 69.9 cm³/mol. The van der Waals surface area contributed by atoms with Crippen LogP contribution in [0, 0.1) is 5.82 Å². The van der Waals surface area contributed by atoms with Gasteiger partial charge in [-0.2, -0.15) is 0 Å². The molecule has 1 aromatic heterocycles. The van der Waals surface area contributed by atoms with E-state index in [1.54, 1.807) is 12.3 Å². The summed E-state index contributed by atoms with van der Waals surface area (Å²) in [5, 5.41) is 3.18. The minimum Gasteiger partial charge on any atom is -0.468 e. The number of nitrogens with one attached hydrogen (secondary N) is 1. The van der Waals surface area contributed by atoms with Gasteiger partial charge in [0.25, 0.3) is 0 Å². The van der Waals surface area contributed by atoms with Gasteiger partial charge < -0.3 is 9.73 Å². The summed E-state index contributed by atoms with van der Waals surface area (Å²) in [7, 11) is 2.02. The maximum Gasteiger partial charge on any atom is 0.125 e. The molecule has 0 radical (unpaired) electrons. The van der Waals surface area contributed by atoms with E-state index in [1.807, 2.05) is 25.2 Å². The lowest BCUT2D eigenvalue weighted by Crippen LogP contribution is -2.24. The SMILES string of the molecule is CN(CCNc1cccc(F)c1)Cc1ccco1. The molecule has 1 heterocycles. The third-order valence-electron chi connectivity index (χ3n) is 2.65. The molecule has 0 unspecified atom stereocenters. The normalized spacial score (nSPS) is 10.8. The third kappa shape index (κ3) is 3.89. The largest absolute Gasteiger partial charge is 0.468 e. The van der Waals surface area contributed by atoms with Gasteiger partial charge in [-0.1, -0.05) is 6.07 Å². The van der Waals surface area contributed by atoms with Crippen LogP contribution in [0.5, 0.6) is 0 Å². The van der Waals surface area contributed by atoms with E-state index in [1.165, 1.54) is 12.1 Å². The standard InChI is InChI=1S/C14H17FN2O/c1-17(11-14-6-3-9-18-14)8-7-16-13-5-2-4-12(15)10-13/h2-6,9-10,16H,7-8,11H2,1H3. The zero-order chi connectivity index (χ0) is 12.8. The van der Waals surface area contributed by atoms with Crippen LogP contribution in [0.2, 0.25) is 0 Å². The Bertz CT molecular complexity index is 470. The molecule has 2 aromatic rings. The lowest BCUT2D eigenvalue weighted by Gasteiger charge is -2.15. The zero-order valence-electron chi connectivity index (χ0n) is 10.4. The van der Waals surface area contributed by atoms with Crippen LogP contribution in [-0.4, -0.2) is 25.0 Å². The van der Waals surface area contributed by atoms with Crippen molar-refractivity contribution in [2.45, 2.75) is 6.54 Å². The average Bonchev–Trinajstić information content (AvgIpc) is 2.82. The second kappa shape index (κ2) is 6.21. The summed E-state index contributed by atoms with van der Waals surface area (Å²) in [6, 6.07) is 10.3. The van der Waals surface area contributed by atoms with Gasteiger partial charge in [0.05, 0.1) is 12.8 Å². The van der Waals surface area contributed by atoms with Crippen molar-refractivity contribution in [3.63, 3.8) is 0 Å². The second-order valence-corrected chi connectivity index (χ2v) is 4.25. The first kappa shape index (κ1) is 12.6. The van der Waals surface area contributed by atoms with Crippen molar-refractivity contribution in [3.05, 3.63) is 54.2 Å². The molecule has 18 heavy (non-hydrogen) atoms. The smallest absolute Gasteiger partial charge is 0.125 e. The van der Waals surface area contributed by atoms with Gasteiger partial charge in [-0.3, -0.25) is 4.90 Å². The molecular formula is C14H17FN2O. The third-order valence-corrected chi connectivity index (χ3v) is 2.65. The second-order valence-electron chi connectivity index (χ2n) is 4.25. The number of benzene rings is 1. The van der Waals surface area contributed by atoms with Gasteiger partial charge in [0.15, 0.2) is 0 Å². The van der Waals surface area contributed by atoms with Crippen LogP contribution in [-0.2, 0) is 6.54 Å². The Labute approximate surface area is 106 Å². The van der Waals surface area contributed by atoms with Crippen molar-refractivity contribution in [2.24, 2.45) is 0 Å². The number of furan rings is 1. The monoisotopic (exact) mass is 248 g/mol. The molecule has 3 nitrogen and oxygen atoms in total. The fourth-order valence-electron chi connectivity index (χ4n) is 1.74. The van der Waals surface area contributed by atoms with Crippen molar-refractivity contribution in [2.75, 3.05) is 25.5 Å². The predicted octanol–water partition coefficient (Wildman–Crippen LogP) is 2.96. The Balaban J connectivity index is 1.72. The Morgan fingerprint density at radius 1 is 1.28 bits per heavy atom. The molecule has 4 heteroatoms. The molecule has 0 atom stereocenters. The Morgan fingerprint density at radius 2 is 2.17 bits per heavy atom. The number of hydrogen-bond donors (Lipinski definition) is 1. The average molecular weight is 248 g/mol. The quantitative estimate of drug-likeness (QED) is 0.852. The van der Waals surface area contributed by atoms with E-state index in [2.05, 4.69) is 10.2 Å². The van der Waals surface area contributed by atoms with Crippen molar-refractivity contribution in [1.29, 1.82) is 0 Å². The summed E-state index contributed by atoms with van der Waals surface area (Å²) >= 11 is 0. The van der Waals surface area contributed by atoms with Crippen LogP contribution in [0.4, 0.5) is 10.1 Å². The molecule has 96 valence electrons. The van der Waals surface area contributed by atoms with Crippen molar-refractivity contribution < 1.29 is 8.81 Å². The van der Waals surface area contributed by atoms with Gasteiger partial charge in [-0.15, -0.1) is 0 Å². The number of halogens is 1. The molecule has 0 aliphatic rings. The van der Waals surface area contributed by atoms with E-state index in [4.69, 9.17) is 4.42 Å². The lowest BCUT2D eigenvalue weighted by atomic mass is 10.3. The Morgan fingerprint density at radius 3 is 2.89 bits per heavy atom. The zero-order valence-corrected chi connectivity index (χ0v) is 10.4. The summed E-state index contributed by atoms with van der Waals surface area (Å²) in [4.78, 5) is 2.14. The van der Waals surface area contributed by atoms with Crippen LogP contribution in [0.25, 0.3) is 0 Å². The molecule has 0 saturated carbocycles. The minimum absolute atomic E-state index is 0.219. The van der Waals surface area contributed by atoms with Crippen molar-refractivity contribution >= 4 is 5.69 Å². The van der Waals surface area contributed by atoms with Crippen LogP contribution < -0.4 is 5.32 Å². The first-order valence-corrected chi connectivity index (χ1v) is 5.94. The number of hydrogen-bond acceptors (Lipinski definition) is 3. The van der Waals surface area contributed by atoms with E-state index in [-0.39, 0.29) is 5.82 Å². The van der Waals surface area contributed by atoms with Gasteiger partial charge in [0.1, 0.15) is 11.6 Å². The first-order valence-electron chi connectivity index (χ1n) is 5.94. The molecule has 0 spiro atoms. The molecule has 0 saturated heterocycles. The highest BCUT2D eigenvalue weighted by molar-refractivity contribution is 5.42. The molecule has 0 aliphatic carbocycles. The molecule has 0 aliphatic heterocycles. The highest BCUT2D eigenvalue weighted by atomic mass is 19.1. The van der Waals surface area contributed by atoms with Gasteiger partial charge in [0.2, 0.25) is 0 Å². The van der Waals surface area contributed by atoms with E-state index >= 15 is 0 Å². The fourth-order valence-corrected chi connectivity index (χ4v) is 1.74. The maximum atomic E-state index is 12.9. The van der Waals surface area contributed by atoms with E-state index < -0.39 is 0 Å². The highest BCUT2D eigenvalue weighted by Crippen LogP contribution is 2.08. The molecule has 0 bridgehead atoms. The molecular weight excluding hydrogens is 231 g/mol. The molecule has 1 aromatic carbocycles. The Hall–Kier alpha value is -1.81. The minimum atomic E-state index is -0.219. The molecule has 0 fully saturated rings.